The van der Waals surface area contributed by atoms with Gasteiger partial charge in [0.2, 0.25) is 6.29 Å². The minimum absolute atomic E-state index is 0.0751. The van der Waals surface area contributed by atoms with Gasteiger partial charge in [-0.2, -0.15) is 0 Å². The number of aromatic nitrogens is 1. The molecule has 0 unspecified atom stereocenters. The summed E-state index contributed by atoms with van der Waals surface area (Å²) in [5.41, 5.74) is -0.0751. The van der Waals surface area contributed by atoms with Crippen LogP contribution in [-0.2, 0) is 5.41 Å². The molecule has 3 heteroatoms. The highest BCUT2D eigenvalue weighted by molar-refractivity contribution is 5.67. The van der Waals surface area contributed by atoms with Crippen molar-refractivity contribution in [3.8, 4) is 0 Å². The fraction of sp³-hybridized carbons (Fsp3) is 0.500. The zero-order chi connectivity index (χ0) is 8.48. The molecule has 0 saturated heterocycles. The van der Waals surface area contributed by atoms with E-state index in [1.165, 1.54) is 0 Å². The van der Waals surface area contributed by atoms with E-state index in [-0.39, 0.29) is 11.3 Å². The van der Waals surface area contributed by atoms with Crippen molar-refractivity contribution in [2.45, 2.75) is 26.2 Å². The van der Waals surface area contributed by atoms with Gasteiger partial charge < -0.3 is 4.42 Å². The van der Waals surface area contributed by atoms with Crippen molar-refractivity contribution < 1.29 is 9.21 Å². The van der Waals surface area contributed by atoms with Crippen LogP contribution in [0.3, 0.4) is 0 Å². The van der Waals surface area contributed by atoms with Crippen LogP contribution in [0.4, 0.5) is 0 Å². The van der Waals surface area contributed by atoms with E-state index in [0.29, 0.717) is 6.29 Å². The second kappa shape index (κ2) is 2.49. The van der Waals surface area contributed by atoms with Crippen LogP contribution in [0.15, 0.2) is 10.6 Å². The lowest BCUT2D eigenvalue weighted by Gasteiger charge is -2.12. The molecule has 1 aromatic heterocycles. The van der Waals surface area contributed by atoms with Crippen LogP contribution in [-0.4, -0.2) is 11.3 Å². The Balaban J connectivity index is 2.98. The predicted octanol–water partition coefficient (Wildman–Crippen LogP) is 1.78. The number of nitrogens with zero attached hydrogens (tertiary/aromatic N) is 1. The fourth-order valence-corrected chi connectivity index (χ4v) is 0.689. The van der Waals surface area contributed by atoms with Gasteiger partial charge in [-0.1, -0.05) is 20.8 Å². The Bertz CT molecular complexity index is 257. The highest BCUT2D eigenvalue weighted by atomic mass is 16.4. The second-order valence-electron chi connectivity index (χ2n) is 3.43. The van der Waals surface area contributed by atoms with Crippen LogP contribution in [0, 0.1) is 0 Å². The van der Waals surface area contributed by atoms with Crippen molar-refractivity contribution in [3.05, 3.63) is 17.8 Å². The highest BCUT2D eigenvalue weighted by Gasteiger charge is 2.18. The summed E-state index contributed by atoms with van der Waals surface area (Å²) in [7, 11) is 0. The van der Waals surface area contributed by atoms with E-state index in [1.54, 1.807) is 6.20 Å². The molecule has 0 aliphatic carbocycles. The first-order valence-corrected chi connectivity index (χ1v) is 3.45. The molecule has 11 heavy (non-hydrogen) atoms. The molecular weight excluding hydrogens is 142 g/mol. The molecule has 0 bridgehead atoms. The third kappa shape index (κ3) is 1.67. The lowest BCUT2D eigenvalue weighted by atomic mass is 9.94. The standard InChI is InChI=1S/C8H11NO2/c1-8(2,3)6-4-9-7(5-10)11-6/h4-5H,1-3H3. The molecule has 0 spiro atoms. The molecule has 3 nitrogen and oxygen atoms in total. The maximum Gasteiger partial charge on any atom is 0.259 e. The third-order valence-corrected chi connectivity index (χ3v) is 1.36. The van der Waals surface area contributed by atoms with Gasteiger partial charge in [0.05, 0.1) is 6.20 Å². The van der Waals surface area contributed by atoms with Crippen LogP contribution < -0.4 is 0 Å². The molecule has 0 aromatic carbocycles. The topological polar surface area (TPSA) is 43.1 Å². The van der Waals surface area contributed by atoms with E-state index < -0.39 is 0 Å². The molecule has 0 aliphatic rings. The molecule has 1 aromatic rings. The highest BCUT2D eigenvalue weighted by Crippen LogP contribution is 2.21. The van der Waals surface area contributed by atoms with Gasteiger partial charge >= 0.3 is 0 Å². The van der Waals surface area contributed by atoms with Gasteiger partial charge in [-0.25, -0.2) is 4.98 Å². The SMILES string of the molecule is CC(C)(C)c1cnc(C=O)o1. The average Bonchev–Trinajstić information content (AvgIpc) is 2.32. The van der Waals surface area contributed by atoms with Crippen LogP contribution >= 0.6 is 0 Å². The van der Waals surface area contributed by atoms with Crippen molar-refractivity contribution in [3.63, 3.8) is 0 Å². The Labute approximate surface area is 65.4 Å². The molecule has 0 radical (unpaired) electrons. The van der Waals surface area contributed by atoms with Crippen LogP contribution in [0.25, 0.3) is 0 Å². The number of carbonyl (C=O) groups is 1. The van der Waals surface area contributed by atoms with E-state index >= 15 is 0 Å². The minimum atomic E-state index is -0.0751. The van der Waals surface area contributed by atoms with Gasteiger partial charge in [0, 0.05) is 5.41 Å². The summed E-state index contributed by atoms with van der Waals surface area (Å²) in [4.78, 5) is 14.0. The van der Waals surface area contributed by atoms with Crippen molar-refractivity contribution >= 4 is 6.29 Å². The summed E-state index contributed by atoms with van der Waals surface area (Å²) in [6.45, 7) is 6.01. The molecule has 1 rings (SSSR count). The van der Waals surface area contributed by atoms with Crippen LogP contribution in [0.5, 0.6) is 0 Å². The number of hydrogen-bond acceptors (Lipinski definition) is 3. The van der Waals surface area contributed by atoms with Crippen LogP contribution in [0.2, 0.25) is 0 Å². The monoisotopic (exact) mass is 153 g/mol. The van der Waals surface area contributed by atoms with E-state index in [9.17, 15) is 4.79 Å². The molecule has 0 atom stereocenters. The van der Waals surface area contributed by atoms with E-state index in [1.807, 2.05) is 20.8 Å². The quantitative estimate of drug-likeness (QED) is 0.577. The first kappa shape index (κ1) is 7.98. The lowest BCUT2D eigenvalue weighted by Crippen LogP contribution is -2.09. The van der Waals surface area contributed by atoms with Gasteiger partial charge in [0.25, 0.3) is 5.89 Å². The van der Waals surface area contributed by atoms with Gasteiger partial charge in [0.15, 0.2) is 0 Å². The maximum absolute atomic E-state index is 10.2. The van der Waals surface area contributed by atoms with E-state index in [4.69, 9.17) is 4.42 Å². The largest absolute Gasteiger partial charge is 0.439 e. The molecule has 0 aliphatic heterocycles. The number of aldehydes is 1. The Hall–Kier alpha value is -1.12. The normalized spacial score (nSPS) is 11.5. The molecule has 60 valence electrons. The fourth-order valence-electron chi connectivity index (χ4n) is 0.689. The molecule has 1 heterocycles. The summed E-state index contributed by atoms with van der Waals surface area (Å²) in [5.74, 6) is 0.884. The first-order valence-electron chi connectivity index (χ1n) is 3.45. The Morgan fingerprint density at radius 3 is 2.45 bits per heavy atom. The van der Waals surface area contributed by atoms with E-state index in [0.717, 1.165) is 5.76 Å². The zero-order valence-electron chi connectivity index (χ0n) is 6.92. The number of carbonyl (C=O) groups excluding carboxylic acids is 1. The predicted molar refractivity (Wildman–Crippen MR) is 40.6 cm³/mol. The average molecular weight is 153 g/mol. The zero-order valence-corrected chi connectivity index (χ0v) is 6.92. The van der Waals surface area contributed by atoms with Gasteiger partial charge in [-0.15, -0.1) is 0 Å². The first-order chi connectivity index (χ1) is 5.04. The van der Waals surface area contributed by atoms with Gasteiger partial charge in [0.1, 0.15) is 5.76 Å². The minimum Gasteiger partial charge on any atom is -0.439 e. The van der Waals surface area contributed by atoms with Gasteiger partial charge in [-0.05, 0) is 0 Å². The maximum atomic E-state index is 10.2. The molecule has 0 fully saturated rings. The molecule has 0 N–H and O–H groups in total. The Kier molecular flexibility index (Phi) is 1.81. The summed E-state index contributed by atoms with van der Waals surface area (Å²) in [5, 5.41) is 0. The summed E-state index contributed by atoms with van der Waals surface area (Å²) >= 11 is 0. The molecule has 0 saturated carbocycles. The number of hydrogen-bond donors (Lipinski definition) is 0. The lowest BCUT2D eigenvalue weighted by molar-refractivity contribution is 0.109. The van der Waals surface area contributed by atoms with Crippen molar-refractivity contribution in [2.24, 2.45) is 0 Å². The summed E-state index contributed by atoms with van der Waals surface area (Å²) < 4.78 is 5.12. The Morgan fingerprint density at radius 1 is 1.55 bits per heavy atom. The molecular formula is C8H11NO2. The smallest absolute Gasteiger partial charge is 0.259 e. The van der Waals surface area contributed by atoms with Crippen molar-refractivity contribution in [1.82, 2.24) is 4.98 Å². The third-order valence-electron chi connectivity index (χ3n) is 1.36. The van der Waals surface area contributed by atoms with Crippen molar-refractivity contribution in [1.29, 1.82) is 0 Å². The van der Waals surface area contributed by atoms with Crippen LogP contribution in [0.1, 0.15) is 37.2 Å². The van der Waals surface area contributed by atoms with E-state index in [2.05, 4.69) is 4.98 Å². The van der Waals surface area contributed by atoms with Gasteiger partial charge in [-0.3, -0.25) is 4.79 Å². The summed E-state index contributed by atoms with van der Waals surface area (Å²) in [6.07, 6.45) is 2.19. The second-order valence-corrected chi connectivity index (χ2v) is 3.43. The summed E-state index contributed by atoms with van der Waals surface area (Å²) in [6, 6.07) is 0. The number of oxazole rings is 1. The Morgan fingerprint density at radius 2 is 2.18 bits per heavy atom. The molecule has 0 amide bonds. The van der Waals surface area contributed by atoms with Crippen molar-refractivity contribution in [2.75, 3.05) is 0 Å². The number of rotatable bonds is 1.